The molecule has 2 aromatic rings. The van der Waals surface area contributed by atoms with Crippen molar-refractivity contribution < 1.29 is 9.53 Å². The first-order valence-electron chi connectivity index (χ1n) is 9.17. The predicted octanol–water partition coefficient (Wildman–Crippen LogP) is 2.47. The van der Waals surface area contributed by atoms with Crippen LogP contribution in [-0.4, -0.2) is 66.1 Å². The standard InChI is InChI=1S/C20H28N4O2/c1-22(2)12-13-23-11-9-21-19(23)17-7-5-10-24(15-17)20(25)16-6-4-8-18(14-16)26-3/h4,6,8-9,11,14,17H,5,7,10,12-13,15H2,1-3H3/t17-/m1/s1. The van der Waals surface area contributed by atoms with Crippen LogP contribution in [0.2, 0.25) is 0 Å². The molecule has 1 saturated heterocycles. The van der Waals surface area contributed by atoms with Crippen molar-refractivity contribution in [2.45, 2.75) is 25.3 Å². The normalized spacial score (nSPS) is 17.5. The Morgan fingerprint density at radius 1 is 1.38 bits per heavy atom. The van der Waals surface area contributed by atoms with Gasteiger partial charge >= 0.3 is 0 Å². The van der Waals surface area contributed by atoms with Crippen LogP contribution in [0.5, 0.6) is 5.75 Å². The Labute approximate surface area is 155 Å². The summed E-state index contributed by atoms with van der Waals surface area (Å²) in [6.07, 6.45) is 5.98. The van der Waals surface area contributed by atoms with Gasteiger partial charge < -0.3 is 19.1 Å². The first kappa shape index (κ1) is 18.5. The Kier molecular flexibility index (Phi) is 5.93. The number of carbonyl (C=O) groups is 1. The molecule has 0 radical (unpaired) electrons. The van der Waals surface area contributed by atoms with Crippen molar-refractivity contribution in [3.8, 4) is 5.75 Å². The van der Waals surface area contributed by atoms with E-state index >= 15 is 0 Å². The maximum atomic E-state index is 12.9. The number of rotatable bonds is 6. The summed E-state index contributed by atoms with van der Waals surface area (Å²) in [6.45, 7) is 3.41. The van der Waals surface area contributed by atoms with Crippen LogP contribution in [-0.2, 0) is 6.54 Å². The number of nitrogens with zero attached hydrogens (tertiary/aromatic N) is 4. The van der Waals surface area contributed by atoms with Gasteiger partial charge in [0.1, 0.15) is 11.6 Å². The van der Waals surface area contributed by atoms with E-state index in [4.69, 9.17) is 4.74 Å². The van der Waals surface area contributed by atoms with Gasteiger partial charge in [0.05, 0.1) is 7.11 Å². The molecule has 6 nitrogen and oxygen atoms in total. The molecule has 0 spiro atoms. The molecule has 0 aliphatic carbocycles. The number of carbonyl (C=O) groups excluding carboxylic acids is 1. The molecule has 1 aromatic heterocycles. The van der Waals surface area contributed by atoms with Gasteiger partial charge in [0.2, 0.25) is 0 Å². The quantitative estimate of drug-likeness (QED) is 0.798. The molecular weight excluding hydrogens is 328 g/mol. The zero-order valence-corrected chi connectivity index (χ0v) is 15.9. The minimum Gasteiger partial charge on any atom is -0.497 e. The van der Waals surface area contributed by atoms with Gasteiger partial charge in [-0.2, -0.15) is 0 Å². The second-order valence-corrected chi connectivity index (χ2v) is 7.10. The molecule has 0 unspecified atom stereocenters. The highest BCUT2D eigenvalue weighted by molar-refractivity contribution is 5.94. The third-order valence-corrected chi connectivity index (χ3v) is 4.93. The smallest absolute Gasteiger partial charge is 0.254 e. The fourth-order valence-corrected chi connectivity index (χ4v) is 3.49. The number of piperidine rings is 1. The highest BCUT2D eigenvalue weighted by atomic mass is 16.5. The first-order valence-corrected chi connectivity index (χ1v) is 9.17. The largest absolute Gasteiger partial charge is 0.497 e. The van der Waals surface area contributed by atoms with Gasteiger partial charge in [-0.3, -0.25) is 4.79 Å². The molecule has 1 fully saturated rings. The van der Waals surface area contributed by atoms with Gasteiger partial charge in [-0.05, 0) is 45.1 Å². The lowest BCUT2D eigenvalue weighted by Crippen LogP contribution is -2.39. The Hall–Kier alpha value is -2.34. The number of likely N-dealkylation sites (N-methyl/N-ethyl adjacent to an activating group) is 1. The molecule has 26 heavy (non-hydrogen) atoms. The van der Waals surface area contributed by atoms with Gasteiger partial charge in [-0.25, -0.2) is 4.98 Å². The molecule has 0 N–H and O–H groups in total. The monoisotopic (exact) mass is 356 g/mol. The van der Waals surface area contributed by atoms with Gasteiger partial charge in [-0.1, -0.05) is 6.07 Å². The topological polar surface area (TPSA) is 50.6 Å². The first-order chi connectivity index (χ1) is 12.6. The SMILES string of the molecule is COc1cccc(C(=O)N2CCC[C@@H](c3nccn3CCN(C)C)C2)c1. The van der Waals surface area contributed by atoms with E-state index in [0.717, 1.165) is 44.8 Å². The number of aromatic nitrogens is 2. The summed E-state index contributed by atoms with van der Waals surface area (Å²) in [5.74, 6) is 2.16. The Balaban J connectivity index is 1.71. The second kappa shape index (κ2) is 8.36. The minimum atomic E-state index is 0.0694. The second-order valence-electron chi connectivity index (χ2n) is 7.10. The van der Waals surface area contributed by atoms with E-state index in [1.54, 1.807) is 7.11 Å². The molecule has 1 aliphatic heterocycles. The molecule has 0 bridgehead atoms. The average molecular weight is 356 g/mol. The van der Waals surface area contributed by atoms with E-state index in [1.165, 1.54) is 0 Å². The minimum absolute atomic E-state index is 0.0694. The van der Waals surface area contributed by atoms with Crippen molar-refractivity contribution in [3.63, 3.8) is 0 Å². The van der Waals surface area contributed by atoms with E-state index in [9.17, 15) is 4.79 Å². The molecule has 1 aliphatic rings. The van der Waals surface area contributed by atoms with E-state index in [-0.39, 0.29) is 11.8 Å². The third-order valence-electron chi connectivity index (χ3n) is 4.93. The van der Waals surface area contributed by atoms with E-state index in [2.05, 4.69) is 28.5 Å². The molecule has 3 rings (SSSR count). The summed E-state index contributed by atoms with van der Waals surface area (Å²) in [5.41, 5.74) is 0.681. The van der Waals surface area contributed by atoms with Crippen molar-refractivity contribution in [2.24, 2.45) is 0 Å². The van der Waals surface area contributed by atoms with Crippen molar-refractivity contribution in [1.82, 2.24) is 19.4 Å². The number of imidazole rings is 1. The Bertz CT molecular complexity index is 741. The zero-order valence-electron chi connectivity index (χ0n) is 15.9. The molecule has 1 atom stereocenters. The van der Waals surface area contributed by atoms with E-state index < -0.39 is 0 Å². The maximum absolute atomic E-state index is 12.9. The number of likely N-dealkylation sites (tertiary alicyclic amines) is 1. The highest BCUT2D eigenvalue weighted by Crippen LogP contribution is 2.27. The fraction of sp³-hybridized carbons (Fsp3) is 0.500. The lowest BCUT2D eigenvalue weighted by atomic mass is 9.96. The Morgan fingerprint density at radius 2 is 2.23 bits per heavy atom. The number of ether oxygens (including phenoxy) is 1. The molecule has 6 heteroatoms. The summed E-state index contributed by atoms with van der Waals surface area (Å²) in [4.78, 5) is 21.6. The fourth-order valence-electron chi connectivity index (χ4n) is 3.49. The number of hydrogen-bond acceptors (Lipinski definition) is 4. The summed E-state index contributed by atoms with van der Waals surface area (Å²) < 4.78 is 7.47. The van der Waals surface area contributed by atoms with Gasteiger partial charge in [0.15, 0.2) is 0 Å². The van der Waals surface area contributed by atoms with Gasteiger partial charge in [0.25, 0.3) is 5.91 Å². The van der Waals surface area contributed by atoms with Crippen LogP contribution in [0.3, 0.4) is 0 Å². The average Bonchev–Trinajstić information content (AvgIpc) is 3.14. The van der Waals surface area contributed by atoms with Crippen LogP contribution < -0.4 is 4.74 Å². The molecule has 140 valence electrons. The zero-order chi connectivity index (χ0) is 18.5. The van der Waals surface area contributed by atoms with Crippen LogP contribution in [0.25, 0.3) is 0 Å². The van der Waals surface area contributed by atoms with Gasteiger partial charge in [0, 0.05) is 50.1 Å². The number of methoxy groups -OCH3 is 1. The van der Waals surface area contributed by atoms with Crippen molar-refractivity contribution in [3.05, 3.63) is 48.0 Å². The molecule has 0 saturated carbocycles. The van der Waals surface area contributed by atoms with Crippen LogP contribution in [0.1, 0.15) is 34.9 Å². The predicted molar refractivity (Wildman–Crippen MR) is 102 cm³/mol. The Morgan fingerprint density at radius 3 is 3.00 bits per heavy atom. The number of benzene rings is 1. The van der Waals surface area contributed by atoms with Crippen LogP contribution >= 0.6 is 0 Å². The van der Waals surface area contributed by atoms with E-state index in [1.807, 2.05) is 41.6 Å². The molecular formula is C20H28N4O2. The molecule has 2 heterocycles. The third kappa shape index (κ3) is 4.25. The van der Waals surface area contributed by atoms with Crippen molar-refractivity contribution >= 4 is 5.91 Å². The summed E-state index contributed by atoms with van der Waals surface area (Å²) >= 11 is 0. The van der Waals surface area contributed by atoms with Crippen LogP contribution in [0.4, 0.5) is 0 Å². The van der Waals surface area contributed by atoms with Crippen LogP contribution in [0.15, 0.2) is 36.7 Å². The number of hydrogen-bond donors (Lipinski definition) is 0. The summed E-state index contributed by atoms with van der Waals surface area (Å²) in [6, 6.07) is 7.38. The van der Waals surface area contributed by atoms with Crippen LogP contribution in [0, 0.1) is 0 Å². The molecule has 1 amide bonds. The van der Waals surface area contributed by atoms with Crippen molar-refractivity contribution in [1.29, 1.82) is 0 Å². The summed E-state index contributed by atoms with van der Waals surface area (Å²) in [5, 5.41) is 0. The lowest BCUT2D eigenvalue weighted by molar-refractivity contribution is 0.0703. The molecule has 1 aromatic carbocycles. The van der Waals surface area contributed by atoms with E-state index in [0.29, 0.717) is 11.3 Å². The lowest BCUT2D eigenvalue weighted by Gasteiger charge is -2.33. The van der Waals surface area contributed by atoms with Gasteiger partial charge in [-0.15, -0.1) is 0 Å². The highest BCUT2D eigenvalue weighted by Gasteiger charge is 2.28. The van der Waals surface area contributed by atoms with Crippen molar-refractivity contribution in [2.75, 3.05) is 40.8 Å². The maximum Gasteiger partial charge on any atom is 0.254 e. The number of amides is 1. The summed E-state index contributed by atoms with van der Waals surface area (Å²) in [7, 11) is 5.77.